The van der Waals surface area contributed by atoms with Gasteiger partial charge in [-0.15, -0.1) is 0 Å². The lowest BCUT2D eigenvalue weighted by Crippen LogP contribution is -2.44. The van der Waals surface area contributed by atoms with Crippen molar-refractivity contribution in [1.82, 2.24) is 14.5 Å². The Balaban J connectivity index is 1.23. The molecule has 0 aliphatic carbocycles. The van der Waals surface area contributed by atoms with Crippen LogP contribution in [0.4, 0.5) is 0 Å². The summed E-state index contributed by atoms with van der Waals surface area (Å²) in [7, 11) is 1.69. The normalized spacial score (nSPS) is 15.9. The minimum absolute atomic E-state index is 0.214. The van der Waals surface area contributed by atoms with Gasteiger partial charge in [-0.1, -0.05) is 6.07 Å². The van der Waals surface area contributed by atoms with Crippen LogP contribution in [-0.2, 0) is 51.5 Å². The van der Waals surface area contributed by atoms with E-state index in [1.54, 1.807) is 11.6 Å². The zero-order valence-electron chi connectivity index (χ0n) is 24.6. The maximum Gasteiger partial charge on any atom is 0.329 e. The third-order valence-corrected chi connectivity index (χ3v) is 6.42. The molecule has 3 rings (SSSR count). The number of aromatic nitrogens is 2. The molecule has 1 aliphatic heterocycles. The van der Waals surface area contributed by atoms with Crippen LogP contribution in [-0.4, -0.2) is 85.4 Å². The van der Waals surface area contributed by atoms with E-state index in [0.29, 0.717) is 64.8 Å². The summed E-state index contributed by atoms with van der Waals surface area (Å²) < 4.78 is 30.2. The van der Waals surface area contributed by atoms with Crippen LogP contribution in [0.15, 0.2) is 23.0 Å². The Hall–Kier alpha value is -3.06. The van der Waals surface area contributed by atoms with Gasteiger partial charge in [0.1, 0.15) is 11.6 Å². The van der Waals surface area contributed by atoms with E-state index in [1.807, 2.05) is 39.0 Å². The van der Waals surface area contributed by atoms with Gasteiger partial charge in [0.25, 0.3) is 0 Å². The van der Waals surface area contributed by atoms with Crippen LogP contribution >= 0.6 is 0 Å². The van der Waals surface area contributed by atoms with Gasteiger partial charge in [-0.05, 0) is 57.7 Å². The lowest BCUT2D eigenvalue weighted by atomic mass is 10.1. The molecule has 0 bridgehead atoms. The summed E-state index contributed by atoms with van der Waals surface area (Å²) in [4.78, 5) is 48.3. The number of rotatable bonds is 17. The van der Waals surface area contributed by atoms with Crippen molar-refractivity contribution in [3.63, 3.8) is 0 Å². The van der Waals surface area contributed by atoms with Gasteiger partial charge < -0.3 is 23.7 Å². The van der Waals surface area contributed by atoms with Crippen molar-refractivity contribution in [2.75, 3.05) is 52.9 Å². The fourth-order valence-corrected chi connectivity index (χ4v) is 4.48. The Labute approximate surface area is 240 Å². The number of hydrogen-bond donors (Lipinski definition) is 1. The van der Waals surface area contributed by atoms with Crippen LogP contribution in [0.1, 0.15) is 58.1 Å². The quantitative estimate of drug-likeness (QED) is 0.170. The summed E-state index contributed by atoms with van der Waals surface area (Å²) in [5.74, 6) is -1.02. The molecule has 12 nitrogen and oxygen atoms in total. The van der Waals surface area contributed by atoms with E-state index < -0.39 is 17.6 Å². The summed E-state index contributed by atoms with van der Waals surface area (Å²) >= 11 is 0. The summed E-state index contributed by atoms with van der Waals surface area (Å²) in [6, 6.07) is 5.10. The topological polar surface area (TPSA) is 136 Å². The molecule has 0 radical (unpaired) electrons. The van der Waals surface area contributed by atoms with Crippen LogP contribution in [0.3, 0.4) is 0 Å². The average Bonchev–Trinajstić information content (AvgIpc) is 3.14. The first-order valence-electron chi connectivity index (χ1n) is 14.1. The third kappa shape index (κ3) is 10.4. The summed E-state index contributed by atoms with van der Waals surface area (Å²) in [5, 5.41) is 2.33. The Bertz CT molecular complexity index is 1230. The molecule has 1 fully saturated rings. The molecule has 41 heavy (non-hydrogen) atoms. The van der Waals surface area contributed by atoms with Crippen molar-refractivity contribution in [3.05, 3.63) is 34.2 Å². The highest BCUT2D eigenvalue weighted by Crippen LogP contribution is 2.24. The molecule has 2 amide bonds. The van der Waals surface area contributed by atoms with Crippen molar-refractivity contribution >= 4 is 28.8 Å². The number of imidazole rings is 1. The molecule has 1 N–H and O–H groups in total. The minimum Gasteiger partial charge on any atom is -0.460 e. The second kappa shape index (κ2) is 15.8. The molecular weight excluding hydrogens is 534 g/mol. The lowest BCUT2D eigenvalue weighted by Gasteiger charge is -2.21. The number of esters is 1. The number of fused-ring (bicyclic) bond motifs is 1. The number of amides is 2. The van der Waals surface area contributed by atoms with Gasteiger partial charge in [0.2, 0.25) is 11.8 Å². The highest BCUT2D eigenvalue weighted by molar-refractivity contribution is 6.00. The van der Waals surface area contributed by atoms with Gasteiger partial charge in [0.15, 0.2) is 0 Å². The van der Waals surface area contributed by atoms with Crippen LogP contribution in [0.5, 0.6) is 0 Å². The molecule has 1 aromatic carbocycles. The second-order valence-electron chi connectivity index (χ2n) is 10.9. The SMILES string of the molecule is Cn1c(=O)n(C2CCC(=O)NC2=O)c2ccc(CCCOCCOCCOCCOCCC(=O)OC(C)(C)C)cc21. The molecule has 2 aromatic rings. The number of aryl methyl sites for hydroxylation is 2. The molecule has 0 saturated carbocycles. The second-order valence-corrected chi connectivity index (χ2v) is 10.9. The Morgan fingerprint density at radius 3 is 2.12 bits per heavy atom. The molecule has 2 heterocycles. The predicted molar refractivity (Wildman–Crippen MR) is 151 cm³/mol. The van der Waals surface area contributed by atoms with E-state index in [2.05, 4.69) is 5.32 Å². The molecular formula is C29H43N3O9. The monoisotopic (exact) mass is 577 g/mol. The molecule has 1 unspecified atom stereocenters. The zero-order chi connectivity index (χ0) is 29.8. The Morgan fingerprint density at radius 1 is 0.902 bits per heavy atom. The van der Waals surface area contributed by atoms with Crippen LogP contribution in [0, 0.1) is 0 Å². The molecule has 0 spiro atoms. The van der Waals surface area contributed by atoms with Gasteiger partial charge in [-0.2, -0.15) is 0 Å². The van der Waals surface area contributed by atoms with E-state index in [0.717, 1.165) is 23.9 Å². The Kier molecular flexibility index (Phi) is 12.5. The zero-order valence-corrected chi connectivity index (χ0v) is 24.6. The standard InChI is InChI=1S/C29H43N3O9/c1-29(2,3)41-26(34)11-13-38-15-17-40-19-18-39-16-14-37-12-5-6-21-7-8-22-24(20-21)31(4)28(36)32(22)23-9-10-25(33)30-27(23)35/h7-8,20,23H,5-6,9-19H2,1-4H3,(H,30,33,35). The molecule has 1 atom stereocenters. The van der Waals surface area contributed by atoms with Gasteiger partial charge >= 0.3 is 11.7 Å². The van der Waals surface area contributed by atoms with E-state index in [4.69, 9.17) is 23.7 Å². The number of imide groups is 1. The Morgan fingerprint density at radius 2 is 1.51 bits per heavy atom. The summed E-state index contributed by atoms with van der Waals surface area (Å²) in [6.45, 7) is 9.06. The van der Waals surface area contributed by atoms with E-state index >= 15 is 0 Å². The first-order chi connectivity index (χ1) is 19.6. The highest BCUT2D eigenvalue weighted by Gasteiger charge is 2.31. The van der Waals surface area contributed by atoms with Gasteiger partial charge in [-0.3, -0.25) is 28.8 Å². The number of carbonyl (C=O) groups excluding carboxylic acids is 3. The predicted octanol–water partition coefficient (Wildman–Crippen LogP) is 2.05. The molecule has 1 aromatic heterocycles. The van der Waals surface area contributed by atoms with Crippen molar-refractivity contribution in [1.29, 1.82) is 0 Å². The van der Waals surface area contributed by atoms with E-state index in [1.165, 1.54) is 4.57 Å². The fourth-order valence-electron chi connectivity index (χ4n) is 4.48. The van der Waals surface area contributed by atoms with E-state index in [9.17, 15) is 19.2 Å². The van der Waals surface area contributed by atoms with Crippen LogP contribution < -0.4 is 11.0 Å². The van der Waals surface area contributed by atoms with Gasteiger partial charge in [0, 0.05) is 20.1 Å². The average molecular weight is 578 g/mol. The largest absolute Gasteiger partial charge is 0.460 e. The van der Waals surface area contributed by atoms with Gasteiger partial charge in [0.05, 0.1) is 63.7 Å². The first kappa shape index (κ1) is 32.5. The lowest BCUT2D eigenvalue weighted by molar-refractivity contribution is -0.156. The number of hydrogen-bond acceptors (Lipinski definition) is 9. The number of nitrogens with one attached hydrogen (secondary N) is 1. The molecule has 228 valence electrons. The van der Waals surface area contributed by atoms with Crippen LogP contribution in [0.2, 0.25) is 0 Å². The van der Waals surface area contributed by atoms with Gasteiger partial charge in [-0.25, -0.2) is 4.79 Å². The first-order valence-corrected chi connectivity index (χ1v) is 14.1. The minimum atomic E-state index is -0.687. The highest BCUT2D eigenvalue weighted by atomic mass is 16.6. The number of carbonyl (C=O) groups is 3. The van der Waals surface area contributed by atoms with Crippen molar-refractivity contribution in [3.8, 4) is 0 Å². The number of nitrogens with zero attached hydrogens (tertiary/aromatic N) is 2. The smallest absolute Gasteiger partial charge is 0.329 e. The molecule has 1 saturated heterocycles. The summed E-state index contributed by atoms with van der Waals surface area (Å²) in [6.07, 6.45) is 2.34. The van der Waals surface area contributed by atoms with E-state index in [-0.39, 0.29) is 30.4 Å². The maximum atomic E-state index is 12.9. The number of piperidine rings is 1. The molecule has 1 aliphatic rings. The number of ether oxygens (including phenoxy) is 5. The maximum absolute atomic E-state index is 12.9. The fraction of sp³-hybridized carbons (Fsp3) is 0.655. The summed E-state index contributed by atoms with van der Waals surface area (Å²) in [5.41, 5.74) is 1.74. The molecule has 12 heteroatoms. The third-order valence-electron chi connectivity index (χ3n) is 6.42. The van der Waals surface area contributed by atoms with Crippen molar-refractivity contribution in [2.24, 2.45) is 7.05 Å². The van der Waals surface area contributed by atoms with Crippen LogP contribution in [0.25, 0.3) is 11.0 Å². The van der Waals surface area contributed by atoms with Crippen molar-refractivity contribution in [2.45, 2.75) is 64.5 Å². The number of benzene rings is 1. The van der Waals surface area contributed by atoms with Crippen molar-refractivity contribution < 1.29 is 38.1 Å².